The summed E-state index contributed by atoms with van der Waals surface area (Å²) in [6.45, 7) is 0. The molecule has 0 heterocycles. The van der Waals surface area contributed by atoms with E-state index >= 15 is 0 Å². The van der Waals surface area contributed by atoms with Crippen LogP contribution in [0.5, 0.6) is 28.7 Å². The minimum Gasteiger partial charge on any atom is -0.497 e. The first-order valence-electron chi connectivity index (χ1n) is 15.3. The van der Waals surface area contributed by atoms with Crippen LogP contribution in [0.4, 0.5) is 0 Å². The lowest BCUT2D eigenvalue weighted by molar-refractivity contribution is 0.111. The zero-order chi connectivity index (χ0) is 37.9. The number of hydrogen-bond acceptors (Lipinski definition) is 7. The quantitative estimate of drug-likeness (QED) is 0.0919. The Balaban J connectivity index is 0.000000269. The number of ether oxygens (including phenoxy) is 5. The summed E-state index contributed by atoms with van der Waals surface area (Å²) in [5.74, 6) is 18.7. The van der Waals surface area contributed by atoms with Crippen molar-refractivity contribution in [2.24, 2.45) is 0 Å². The lowest BCUT2D eigenvalue weighted by Gasteiger charge is -2.09. The average molecular weight is 917 g/mol. The molecule has 0 saturated heterocycles. The van der Waals surface area contributed by atoms with Crippen LogP contribution >= 0.6 is 45.2 Å². The summed E-state index contributed by atoms with van der Waals surface area (Å²) in [5.41, 5.74) is 5.10. The second-order valence-electron chi connectivity index (χ2n) is 10.2. The average Bonchev–Trinajstić information content (AvgIpc) is 3.20. The van der Waals surface area contributed by atoms with Crippen LogP contribution in [0.1, 0.15) is 48.5 Å². The van der Waals surface area contributed by atoms with Crippen molar-refractivity contribution in [3.63, 3.8) is 0 Å². The van der Waals surface area contributed by atoms with Crippen molar-refractivity contribution in [3.8, 4) is 64.8 Å². The molecule has 7 nitrogen and oxygen atoms in total. The second kappa shape index (κ2) is 21.7. The molecule has 262 valence electrons. The van der Waals surface area contributed by atoms with Gasteiger partial charge < -0.3 is 23.7 Å². The van der Waals surface area contributed by atoms with Crippen LogP contribution in [0.25, 0.3) is 0 Å². The maximum atomic E-state index is 10.8. The third kappa shape index (κ3) is 12.4. The lowest BCUT2D eigenvalue weighted by Crippen LogP contribution is -1.94. The molecule has 9 heteroatoms. The molecule has 5 rings (SSSR count). The van der Waals surface area contributed by atoms with Crippen LogP contribution in [-0.2, 0) is 0 Å². The van der Waals surface area contributed by atoms with Gasteiger partial charge in [0.15, 0.2) is 0 Å². The number of terminal acetylenes is 1. The second-order valence-corrected chi connectivity index (χ2v) is 12.6. The molecule has 0 spiro atoms. The van der Waals surface area contributed by atoms with E-state index in [2.05, 4.69) is 74.8 Å². The molecule has 0 fully saturated rings. The normalized spacial score (nSPS) is 9.27. The van der Waals surface area contributed by atoms with Gasteiger partial charge in [-0.1, -0.05) is 53.9 Å². The zero-order valence-corrected chi connectivity index (χ0v) is 33.4. The Bertz CT molecular complexity index is 2100. The van der Waals surface area contributed by atoms with Crippen molar-refractivity contribution in [1.82, 2.24) is 0 Å². The van der Waals surface area contributed by atoms with Gasteiger partial charge in [0.2, 0.25) is 0 Å². The van der Waals surface area contributed by atoms with Gasteiger partial charge in [-0.25, -0.2) is 0 Å². The first-order chi connectivity index (χ1) is 25.2. The van der Waals surface area contributed by atoms with E-state index < -0.39 is 0 Å². The van der Waals surface area contributed by atoms with E-state index in [0.29, 0.717) is 33.8 Å². The molecule has 0 N–H and O–H groups in total. The van der Waals surface area contributed by atoms with Gasteiger partial charge in [-0.2, -0.15) is 0 Å². The molecule has 0 aromatic heterocycles. The van der Waals surface area contributed by atoms with Gasteiger partial charge in [-0.3, -0.25) is 9.59 Å². The highest BCUT2D eigenvalue weighted by Gasteiger charge is 2.09. The Hall–Kier alpha value is -5.42. The summed E-state index contributed by atoms with van der Waals surface area (Å²) in [5, 5.41) is 0. The molecule has 0 amide bonds. The summed E-state index contributed by atoms with van der Waals surface area (Å²) in [6.07, 6.45) is 6.70. The predicted molar refractivity (Wildman–Crippen MR) is 221 cm³/mol. The molecule has 52 heavy (non-hydrogen) atoms. The molecule has 0 aliphatic heterocycles. The Kier molecular flexibility index (Phi) is 17.1. The molecule has 0 bridgehead atoms. The van der Waals surface area contributed by atoms with E-state index in [1.807, 2.05) is 48.5 Å². The number of benzene rings is 5. The fraction of sp³-hybridized carbons (Fsp3) is 0.116. The molecule has 0 saturated carbocycles. The van der Waals surface area contributed by atoms with Gasteiger partial charge in [0.1, 0.15) is 41.3 Å². The lowest BCUT2D eigenvalue weighted by atomic mass is 10.1. The molecular weight excluding hydrogens is 882 g/mol. The highest BCUT2D eigenvalue weighted by atomic mass is 127. The standard InChI is InChI=1S/C26H20O4.C9H6O.C8H8I2O2/c1-28-24-14-10-20(11-15-24)9-13-23-17-25(29-2)22(16-26(23)30-3)12-8-19-4-6-21(18-27)7-5-19;1-2-8-3-5-9(7-10)6-4-8;1-11-7-3-6(10)8(12-2)4-5(7)9/h4-7,10-11,14-18H,1-3H3;1,3-7H;3-4H,1-2H3. The first kappa shape index (κ1) is 41.0. The van der Waals surface area contributed by atoms with E-state index in [-0.39, 0.29) is 0 Å². The van der Waals surface area contributed by atoms with Crippen molar-refractivity contribution >= 4 is 57.8 Å². The number of carbonyl (C=O) groups excluding carboxylic acids is 2. The van der Waals surface area contributed by atoms with Crippen molar-refractivity contribution < 1.29 is 33.3 Å². The SMILES string of the molecule is C#Cc1ccc(C=O)cc1.COc1cc(I)c(OC)cc1I.COc1ccc(C#Cc2cc(OC)c(C#Cc3ccc(C=O)cc3)cc2OC)cc1. The first-order valence-corrected chi connectivity index (χ1v) is 17.5. The zero-order valence-electron chi connectivity index (χ0n) is 29.1. The molecule has 5 aromatic rings. The third-order valence-corrected chi connectivity index (χ3v) is 8.67. The van der Waals surface area contributed by atoms with Crippen molar-refractivity contribution in [2.45, 2.75) is 0 Å². The fourth-order valence-corrected chi connectivity index (χ4v) is 5.49. The van der Waals surface area contributed by atoms with Crippen LogP contribution in [0.15, 0.2) is 97.1 Å². The molecule has 5 aromatic carbocycles. The summed E-state index contributed by atoms with van der Waals surface area (Å²) < 4.78 is 28.6. The number of rotatable bonds is 7. The van der Waals surface area contributed by atoms with Crippen molar-refractivity contribution in [3.05, 3.63) is 143 Å². The summed E-state index contributed by atoms with van der Waals surface area (Å²) >= 11 is 4.44. The Morgan fingerprint density at radius 1 is 0.481 bits per heavy atom. The Morgan fingerprint density at radius 2 is 0.846 bits per heavy atom. The van der Waals surface area contributed by atoms with Gasteiger partial charge in [-0.05, 0) is 106 Å². The smallest absolute Gasteiger partial charge is 0.150 e. The van der Waals surface area contributed by atoms with Crippen molar-refractivity contribution in [1.29, 1.82) is 0 Å². The molecule has 0 unspecified atom stereocenters. The van der Waals surface area contributed by atoms with Crippen molar-refractivity contribution in [2.75, 3.05) is 35.5 Å². The highest BCUT2D eigenvalue weighted by molar-refractivity contribution is 14.1. The fourth-order valence-electron chi connectivity index (χ4n) is 4.17. The predicted octanol–water partition coefficient (Wildman–Crippen LogP) is 8.72. The van der Waals surface area contributed by atoms with Crippen LogP contribution in [-0.4, -0.2) is 48.1 Å². The number of hydrogen-bond donors (Lipinski definition) is 0. The molecule has 0 aliphatic rings. The van der Waals surface area contributed by atoms with Gasteiger partial charge in [-0.15, -0.1) is 6.42 Å². The highest BCUT2D eigenvalue weighted by Crippen LogP contribution is 2.31. The monoisotopic (exact) mass is 916 g/mol. The third-order valence-electron chi connectivity index (χ3n) is 6.98. The summed E-state index contributed by atoms with van der Waals surface area (Å²) in [4.78, 5) is 20.9. The van der Waals surface area contributed by atoms with Gasteiger partial charge in [0, 0.05) is 39.9 Å². The van der Waals surface area contributed by atoms with Crippen LogP contribution in [0, 0.1) is 43.2 Å². The molecule has 0 aliphatic carbocycles. The molecule has 0 radical (unpaired) electrons. The number of carbonyl (C=O) groups is 2. The molecule has 0 atom stereocenters. The molecular formula is C43H34I2O7. The minimum atomic E-state index is 0.604. The minimum absolute atomic E-state index is 0.604. The number of aldehydes is 2. The maximum absolute atomic E-state index is 10.8. The van der Waals surface area contributed by atoms with Gasteiger partial charge in [0.05, 0.1) is 53.8 Å². The summed E-state index contributed by atoms with van der Waals surface area (Å²) in [6, 6.07) is 29.0. The maximum Gasteiger partial charge on any atom is 0.150 e. The Labute approximate surface area is 332 Å². The topological polar surface area (TPSA) is 80.3 Å². The summed E-state index contributed by atoms with van der Waals surface area (Å²) in [7, 11) is 8.14. The van der Waals surface area contributed by atoms with Gasteiger partial charge >= 0.3 is 0 Å². The van der Waals surface area contributed by atoms with Gasteiger partial charge in [0.25, 0.3) is 0 Å². The van der Waals surface area contributed by atoms with E-state index in [4.69, 9.17) is 30.1 Å². The van der Waals surface area contributed by atoms with E-state index in [9.17, 15) is 9.59 Å². The number of halogens is 2. The van der Waals surface area contributed by atoms with Crippen LogP contribution in [0.2, 0.25) is 0 Å². The van der Waals surface area contributed by atoms with E-state index in [0.717, 1.165) is 53.7 Å². The van der Waals surface area contributed by atoms with E-state index in [1.54, 1.807) is 84.1 Å². The largest absolute Gasteiger partial charge is 0.497 e. The Morgan fingerprint density at radius 3 is 1.17 bits per heavy atom. The van der Waals surface area contributed by atoms with Crippen LogP contribution in [0.3, 0.4) is 0 Å². The number of methoxy groups -OCH3 is 5. The van der Waals surface area contributed by atoms with Crippen LogP contribution < -0.4 is 23.7 Å². The van der Waals surface area contributed by atoms with E-state index in [1.165, 1.54) is 0 Å².